The molecule has 4 atom stereocenters. The lowest BCUT2D eigenvalue weighted by atomic mass is 9.84. The van der Waals surface area contributed by atoms with Crippen LogP contribution in [-0.4, -0.2) is 12.6 Å². The van der Waals surface area contributed by atoms with Crippen molar-refractivity contribution in [1.82, 2.24) is 5.32 Å². The van der Waals surface area contributed by atoms with Gasteiger partial charge in [-0.2, -0.15) is 0 Å². The molecule has 0 amide bonds. The molecule has 0 aromatic carbocycles. The van der Waals surface area contributed by atoms with Crippen LogP contribution in [0.4, 0.5) is 0 Å². The van der Waals surface area contributed by atoms with Crippen LogP contribution in [0.1, 0.15) is 39.5 Å². The highest BCUT2D eigenvalue weighted by Crippen LogP contribution is 2.49. The van der Waals surface area contributed by atoms with E-state index in [1.165, 1.54) is 31.3 Å². The molecule has 1 N–H and O–H groups in total. The maximum absolute atomic E-state index is 3.94. The SMILES string of the molecule is C=C(C)CNC(C)C1CC2CCC1C2. The first-order valence-corrected chi connectivity index (χ1v) is 6.04. The third kappa shape index (κ3) is 2.03. The molecule has 1 heteroatoms. The Balaban J connectivity index is 1.80. The lowest BCUT2D eigenvalue weighted by Gasteiger charge is -2.28. The first-order chi connectivity index (χ1) is 6.66. The second-order valence-corrected chi connectivity index (χ2v) is 5.47. The smallest absolute Gasteiger partial charge is 0.0161 e. The zero-order chi connectivity index (χ0) is 10.1. The van der Waals surface area contributed by atoms with Crippen molar-refractivity contribution in [1.29, 1.82) is 0 Å². The molecule has 2 aliphatic rings. The first-order valence-electron chi connectivity index (χ1n) is 6.04. The Kier molecular flexibility index (Phi) is 2.96. The lowest BCUT2D eigenvalue weighted by molar-refractivity contribution is 0.264. The molecule has 4 unspecified atom stereocenters. The van der Waals surface area contributed by atoms with Crippen LogP contribution in [0.3, 0.4) is 0 Å². The predicted octanol–water partition coefficient (Wildman–Crippen LogP) is 2.98. The van der Waals surface area contributed by atoms with Crippen molar-refractivity contribution >= 4 is 0 Å². The van der Waals surface area contributed by atoms with Gasteiger partial charge in [-0.05, 0) is 50.9 Å². The van der Waals surface area contributed by atoms with Crippen molar-refractivity contribution in [2.75, 3.05) is 6.54 Å². The molecule has 2 rings (SSSR count). The Morgan fingerprint density at radius 1 is 1.43 bits per heavy atom. The zero-order valence-electron chi connectivity index (χ0n) is 9.55. The standard InChI is InChI=1S/C13H23N/c1-9(2)8-14-10(3)13-7-11-4-5-12(13)6-11/h10-14H,1,4-8H2,2-3H3. The number of hydrogen-bond donors (Lipinski definition) is 1. The Morgan fingerprint density at radius 2 is 2.21 bits per heavy atom. The van der Waals surface area contributed by atoms with E-state index < -0.39 is 0 Å². The normalized spacial score (nSPS) is 37.4. The molecular weight excluding hydrogens is 170 g/mol. The van der Waals surface area contributed by atoms with E-state index in [-0.39, 0.29) is 0 Å². The predicted molar refractivity (Wildman–Crippen MR) is 61.2 cm³/mol. The molecule has 80 valence electrons. The van der Waals surface area contributed by atoms with Gasteiger partial charge >= 0.3 is 0 Å². The second-order valence-electron chi connectivity index (χ2n) is 5.47. The Hall–Kier alpha value is -0.300. The van der Waals surface area contributed by atoms with Crippen molar-refractivity contribution in [3.05, 3.63) is 12.2 Å². The number of rotatable bonds is 4. The molecule has 0 aromatic heterocycles. The summed E-state index contributed by atoms with van der Waals surface area (Å²) in [6.07, 6.45) is 6.00. The van der Waals surface area contributed by atoms with Gasteiger partial charge in [0.2, 0.25) is 0 Å². The molecule has 0 spiro atoms. The minimum absolute atomic E-state index is 0.696. The van der Waals surface area contributed by atoms with E-state index in [1.807, 2.05) is 0 Å². The van der Waals surface area contributed by atoms with Gasteiger partial charge < -0.3 is 5.32 Å². The van der Waals surface area contributed by atoms with E-state index in [0.717, 1.165) is 24.3 Å². The van der Waals surface area contributed by atoms with Crippen LogP contribution in [0.5, 0.6) is 0 Å². The first kappa shape index (κ1) is 10.2. The van der Waals surface area contributed by atoms with Crippen molar-refractivity contribution in [2.45, 2.75) is 45.6 Å². The fourth-order valence-electron chi connectivity index (χ4n) is 3.39. The minimum Gasteiger partial charge on any atom is -0.310 e. The quantitative estimate of drug-likeness (QED) is 0.677. The second kappa shape index (κ2) is 4.06. The zero-order valence-corrected chi connectivity index (χ0v) is 9.55. The third-order valence-corrected chi connectivity index (χ3v) is 4.16. The topological polar surface area (TPSA) is 12.0 Å². The summed E-state index contributed by atoms with van der Waals surface area (Å²) >= 11 is 0. The molecule has 2 bridgehead atoms. The molecule has 0 radical (unpaired) electrons. The summed E-state index contributed by atoms with van der Waals surface area (Å²) in [7, 11) is 0. The van der Waals surface area contributed by atoms with Crippen LogP contribution in [0, 0.1) is 17.8 Å². The molecule has 0 heterocycles. The van der Waals surface area contributed by atoms with Crippen molar-refractivity contribution in [3.8, 4) is 0 Å². The fraction of sp³-hybridized carbons (Fsp3) is 0.846. The number of nitrogens with one attached hydrogen (secondary N) is 1. The molecule has 2 saturated carbocycles. The van der Waals surface area contributed by atoms with Gasteiger partial charge in [0, 0.05) is 12.6 Å². The fourth-order valence-corrected chi connectivity index (χ4v) is 3.39. The summed E-state index contributed by atoms with van der Waals surface area (Å²) in [4.78, 5) is 0. The summed E-state index contributed by atoms with van der Waals surface area (Å²) in [6, 6.07) is 0.696. The summed E-state index contributed by atoms with van der Waals surface area (Å²) in [5.41, 5.74) is 1.25. The van der Waals surface area contributed by atoms with Crippen LogP contribution >= 0.6 is 0 Å². The third-order valence-electron chi connectivity index (χ3n) is 4.16. The van der Waals surface area contributed by atoms with E-state index >= 15 is 0 Å². The van der Waals surface area contributed by atoms with Crippen LogP contribution in [0.2, 0.25) is 0 Å². The van der Waals surface area contributed by atoms with Crippen LogP contribution in [0.25, 0.3) is 0 Å². The number of fused-ring (bicyclic) bond motifs is 2. The summed E-state index contributed by atoms with van der Waals surface area (Å²) in [6.45, 7) is 9.39. The molecule has 0 aromatic rings. The van der Waals surface area contributed by atoms with Gasteiger partial charge in [0.25, 0.3) is 0 Å². The Morgan fingerprint density at radius 3 is 2.71 bits per heavy atom. The molecule has 2 fully saturated rings. The molecule has 0 aliphatic heterocycles. The molecule has 14 heavy (non-hydrogen) atoms. The summed E-state index contributed by atoms with van der Waals surface area (Å²) in [5.74, 6) is 3.06. The summed E-state index contributed by atoms with van der Waals surface area (Å²) < 4.78 is 0. The van der Waals surface area contributed by atoms with Gasteiger partial charge in [0.1, 0.15) is 0 Å². The van der Waals surface area contributed by atoms with E-state index in [2.05, 4.69) is 25.7 Å². The van der Waals surface area contributed by atoms with Crippen LogP contribution in [-0.2, 0) is 0 Å². The van der Waals surface area contributed by atoms with Gasteiger partial charge in [-0.15, -0.1) is 0 Å². The van der Waals surface area contributed by atoms with E-state index in [1.54, 1.807) is 0 Å². The van der Waals surface area contributed by atoms with Crippen molar-refractivity contribution in [3.63, 3.8) is 0 Å². The lowest BCUT2D eigenvalue weighted by Crippen LogP contribution is -2.37. The average molecular weight is 193 g/mol. The van der Waals surface area contributed by atoms with Gasteiger partial charge in [0.15, 0.2) is 0 Å². The van der Waals surface area contributed by atoms with Crippen LogP contribution < -0.4 is 5.32 Å². The highest BCUT2D eigenvalue weighted by atomic mass is 14.9. The van der Waals surface area contributed by atoms with E-state index in [4.69, 9.17) is 0 Å². The van der Waals surface area contributed by atoms with E-state index in [9.17, 15) is 0 Å². The molecule has 0 saturated heterocycles. The van der Waals surface area contributed by atoms with Gasteiger partial charge in [-0.25, -0.2) is 0 Å². The maximum atomic E-state index is 3.94. The highest BCUT2D eigenvalue weighted by Gasteiger charge is 2.41. The van der Waals surface area contributed by atoms with Gasteiger partial charge in [0.05, 0.1) is 0 Å². The molecular formula is C13H23N. The van der Waals surface area contributed by atoms with Crippen LogP contribution in [0.15, 0.2) is 12.2 Å². The monoisotopic (exact) mass is 193 g/mol. The molecule has 2 aliphatic carbocycles. The average Bonchev–Trinajstić information content (AvgIpc) is 2.74. The van der Waals surface area contributed by atoms with Gasteiger partial charge in [-0.3, -0.25) is 0 Å². The van der Waals surface area contributed by atoms with E-state index in [0.29, 0.717) is 6.04 Å². The Labute approximate surface area is 88.0 Å². The molecule has 1 nitrogen and oxygen atoms in total. The summed E-state index contributed by atoms with van der Waals surface area (Å²) in [5, 5.41) is 3.61. The maximum Gasteiger partial charge on any atom is 0.0161 e. The van der Waals surface area contributed by atoms with Crippen molar-refractivity contribution < 1.29 is 0 Å². The minimum atomic E-state index is 0.696. The number of hydrogen-bond acceptors (Lipinski definition) is 1. The largest absolute Gasteiger partial charge is 0.310 e. The highest BCUT2D eigenvalue weighted by molar-refractivity contribution is 4.97. The Bertz CT molecular complexity index is 221. The van der Waals surface area contributed by atoms with Crippen molar-refractivity contribution in [2.24, 2.45) is 17.8 Å². The van der Waals surface area contributed by atoms with Gasteiger partial charge in [-0.1, -0.05) is 18.6 Å².